The third-order valence-electron chi connectivity index (χ3n) is 4.97. The van der Waals surface area contributed by atoms with Crippen molar-refractivity contribution in [2.75, 3.05) is 5.32 Å². The van der Waals surface area contributed by atoms with E-state index >= 15 is 0 Å². The molecule has 0 atom stereocenters. The highest BCUT2D eigenvalue weighted by Gasteiger charge is 2.28. The number of anilines is 1. The Morgan fingerprint density at radius 2 is 2.04 bits per heavy atom. The lowest BCUT2D eigenvalue weighted by molar-refractivity contribution is 0.102. The number of aromatic nitrogens is 3. The normalized spacial score (nSPS) is 14.2. The lowest BCUT2D eigenvalue weighted by Gasteiger charge is -2.10. The average Bonchev–Trinajstić information content (AvgIpc) is 3.30. The van der Waals surface area contributed by atoms with Crippen molar-refractivity contribution in [2.45, 2.75) is 52.6 Å². The van der Waals surface area contributed by atoms with E-state index in [2.05, 4.69) is 33.3 Å². The van der Waals surface area contributed by atoms with Crippen LogP contribution < -0.4 is 5.32 Å². The van der Waals surface area contributed by atoms with E-state index in [1.807, 2.05) is 37.3 Å². The summed E-state index contributed by atoms with van der Waals surface area (Å²) >= 11 is 0. The number of benzene rings is 1. The molecule has 0 unspecified atom stereocenters. The van der Waals surface area contributed by atoms with Gasteiger partial charge in [-0.2, -0.15) is 0 Å². The molecule has 0 bridgehead atoms. The second-order valence-electron chi connectivity index (χ2n) is 6.92. The molecule has 130 valence electrons. The molecule has 5 nitrogen and oxygen atoms in total. The van der Waals surface area contributed by atoms with Gasteiger partial charge in [-0.05, 0) is 51.3 Å². The maximum Gasteiger partial charge on any atom is 0.259 e. The fraction of sp³-hybridized carbons (Fsp3) is 0.400. The smallest absolute Gasteiger partial charge is 0.259 e. The molecule has 0 radical (unpaired) electrons. The highest BCUT2D eigenvalue weighted by molar-refractivity contribution is 6.05. The van der Waals surface area contributed by atoms with Crippen LogP contribution in [0.4, 0.5) is 5.95 Å². The standard InChI is InChI=1S/C20H24N4O/c1-4-11-23-18-8-6-5-7-17(18)21-20(23)22-19(25)16-12-13(2)24(14(16)3)15-9-10-15/h5-8,12,15H,4,9-11H2,1-3H3,(H,21,22,25). The second kappa shape index (κ2) is 6.06. The first-order valence-electron chi connectivity index (χ1n) is 9.05. The summed E-state index contributed by atoms with van der Waals surface area (Å²) in [6.07, 6.45) is 3.41. The molecule has 1 saturated carbocycles. The quantitative estimate of drug-likeness (QED) is 0.748. The van der Waals surface area contributed by atoms with Gasteiger partial charge < -0.3 is 9.13 Å². The van der Waals surface area contributed by atoms with Crippen LogP contribution in [0.15, 0.2) is 30.3 Å². The molecule has 1 aliphatic carbocycles. The molecule has 1 N–H and O–H groups in total. The Morgan fingerprint density at radius 3 is 2.76 bits per heavy atom. The Hall–Kier alpha value is -2.56. The minimum absolute atomic E-state index is 0.0762. The van der Waals surface area contributed by atoms with Crippen molar-refractivity contribution in [3.8, 4) is 0 Å². The molecular weight excluding hydrogens is 312 g/mol. The lowest BCUT2D eigenvalue weighted by atomic mass is 10.2. The summed E-state index contributed by atoms with van der Waals surface area (Å²) in [4.78, 5) is 17.5. The maximum absolute atomic E-state index is 12.9. The van der Waals surface area contributed by atoms with Crippen LogP contribution in [0.1, 0.15) is 54.0 Å². The van der Waals surface area contributed by atoms with E-state index in [-0.39, 0.29) is 5.91 Å². The van der Waals surface area contributed by atoms with Gasteiger partial charge in [-0.1, -0.05) is 19.1 Å². The molecule has 1 amide bonds. The maximum atomic E-state index is 12.9. The third-order valence-corrected chi connectivity index (χ3v) is 4.97. The molecule has 1 fully saturated rings. The van der Waals surface area contributed by atoms with E-state index in [1.54, 1.807) is 0 Å². The fourth-order valence-corrected chi connectivity index (χ4v) is 3.69. The summed E-state index contributed by atoms with van der Waals surface area (Å²) < 4.78 is 4.39. The minimum atomic E-state index is -0.0762. The van der Waals surface area contributed by atoms with Crippen molar-refractivity contribution in [3.63, 3.8) is 0 Å². The van der Waals surface area contributed by atoms with Crippen LogP contribution in [-0.4, -0.2) is 20.0 Å². The van der Waals surface area contributed by atoms with Crippen LogP contribution in [0.3, 0.4) is 0 Å². The number of aryl methyl sites for hydroxylation is 2. The fourth-order valence-electron chi connectivity index (χ4n) is 3.69. The van der Waals surface area contributed by atoms with Crippen LogP contribution in [0.2, 0.25) is 0 Å². The van der Waals surface area contributed by atoms with Crippen LogP contribution in [0, 0.1) is 13.8 Å². The number of nitrogens with zero attached hydrogens (tertiary/aromatic N) is 3. The number of carbonyl (C=O) groups excluding carboxylic acids is 1. The summed E-state index contributed by atoms with van der Waals surface area (Å²) in [5.74, 6) is 0.553. The highest BCUT2D eigenvalue weighted by Crippen LogP contribution is 2.38. The van der Waals surface area contributed by atoms with E-state index in [0.717, 1.165) is 41.0 Å². The van der Waals surface area contributed by atoms with Gasteiger partial charge in [-0.25, -0.2) is 4.98 Å². The molecular formula is C20H24N4O. The number of carbonyl (C=O) groups is 1. The van der Waals surface area contributed by atoms with Crippen LogP contribution in [0.25, 0.3) is 11.0 Å². The minimum Gasteiger partial charge on any atom is -0.345 e. The van der Waals surface area contributed by atoms with Gasteiger partial charge in [0.2, 0.25) is 5.95 Å². The number of para-hydroxylation sites is 2. The average molecular weight is 336 g/mol. The number of rotatable bonds is 5. The molecule has 0 aliphatic heterocycles. The summed E-state index contributed by atoms with van der Waals surface area (Å²) in [5, 5.41) is 3.04. The predicted octanol–water partition coefficient (Wildman–Crippen LogP) is 4.45. The molecule has 2 aromatic heterocycles. The Kier molecular flexibility index (Phi) is 3.86. The third kappa shape index (κ3) is 2.73. The Balaban J connectivity index is 1.68. The first-order valence-corrected chi connectivity index (χ1v) is 9.05. The summed E-state index contributed by atoms with van der Waals surface area (Å²) in [6, 6.07) is 10.6. The van der Waals surface area contributed by atoms with Crippen LogP contribution in [-0.2, 0) is 6.54 Å². The van der Waals surface area contributed by atoms with Gasteiger partial charge in [0.15, 0.2) is 0 Å². The van der Waals surface area contributed by atoms with Crippen molar-refractivity contribution >= 4 is 22.9 Å². The summed E-state index contributed by atoms with van der Waals surface area (Å²) in [7, 11) is 0. The highest BCUT2D eigenvalue weighted by atomic mass is 16.1. The van der Waals surface area contributed by atoms with E-state index in [0.29, 0.717) is 12.0 Å². The van der Waals surface area contributed by atoms with Crippen molar-refractivity contribution in [1.82, 2.24) is 14.1 Å². The molecule has 0 spiro atoms. The number of imidazole rings is 1. The topological polar surface area (TPSA) is 51.9 Å². The predicted molar refractivity (Wildman–Crippen MR) is 100 cm³/mol. The Labute approximate surface area is 147 Å². The van der Waals surface area contributed by atoms with Gasteiger partial charge in [0, 0.05) is 24.0 Å². The second-order valence-corrected chi connectivity index (χ2v) is 6.92. The molecule has 2 heterocycles. The van der Waals surface area contributed by atoms with Gasteiger partial charge in [-0.15, -0.1) is 0 Å². The SMILES string of the molecule is CCCn1c(NC(=O)c2cc(C)n(C3CC3)c2C)nc2ccccc21. The molecule has 4 rings (SSSR count). The monoisotopic (exact) mass is 336 g/mol. The number of amides is 1. The Morgan fingerprint density at radius 1 is 1.28 bits per heavy atom. The first kappa shape index (κ1) is 15.9. The number of hydrogen-bond acceptors (Lipinski definition) is 2. The van der Waals surface area contributed by atoms with Gasteiger partial charge >= 0.3 is 0 Å². The zero-order chi connectivity index (χ0) is 17.6. The molecule has 5 heteroatoms. The largest absolute Gasteiger partial charge is 0.345 e. The van der Waals surface area contributed by atoms with Crippen LogP contribution in [0.5, 0.6) is 0 Å². The molecule has 0 saturated heterocycles. The number of fused-ring (bicyclic) bond motifs is 1. The summed E-state index contributed by atoms with van der Waals surface area (Å²) in [6.45, 7) is 7.07. The van der Waals surface area contributed by atoms with Crippen molar-refractivity contribution in [1.29, 1.82) is 0 Å². The van der Waals surface area contributed by atoms with Crippen molar-refractivity contribution in [2.24, 2.45) is 0 Å². The molecule has 1 aliphatic rings. The van der Waals surface area contributed by atoms with Crippen molar-refractivity contribution in [3.05, 3.63) is 47.3 Å². The first-order chi connectivity index (χ1) is 12.1. The zero-order valence-corrected chi connectivity index (χ0v) is 15.0. The zero-order valence-electron chi connectivity index (χ0n) is 15.0. The van der Waals surface area contributed by atoms with Gasteiger partial charge in [0.25, 0.3) is 5.91 Å². The van der Waals surface area contributed by atoms with Crippen molar-refractivity contribution < 1.29 is 4.79 Å². The van der Waals surface area contributed by atoms with E-state index in [4.69, 9.17) is 0 Å². The number of hydrogen-bond donors (Lipinski definition) is 1. The van der Waals surface area contributed by atoms with Gasteiger partial charge in [0.05, 0.1) is 16.6 Å². The van der Waals surface area contributed by atoms with Gasteiger partial charge in [0.1, 0.15) is 0 Å². The summed E-state index contributed by atoms with van der Waals surface area (Å²) in [5.41, 5.74) is 4.93. The molecule has 1 aromatic carbocycles. The van der Waals surface area contributed by atoms with E-state index in [1.165, 1.54) is 12.8 Å². The van der Waals surface area contributed by atoms with Gasteiger partial charge in [-0.3, -0.25) is 10.1 Å². The molecule has 3 aromatic rings. The Bertz CT molecular complexity index is 946. The number of nitrogens with one attached hydrogen (secondary N) is 1. The van der Waals surface area contributed by atoms with Crippen LogP contribution >= 0.6 is 0 Å². The lowest BCUT2D eigenvalue weighted by Crippen LogP contribution is -2.17. The van der Waals surface area contributed by atoms with E-state index in [9.17, 15) is 4.79 Å². The van der Waals surface area contributed by atoms with E-state index < -0.39 is 0 Å². The molecule has 25 heavy (non-hydrogen) atoms.